The summed E-state index contributed by atoms with van der Waals surface area (Å²) in [5.74, 6) is -0.106. The van der Waals surface area contributed by atoms with Gasteiger partial charge in [-0.1, -0.05) is 12.1 Å². The smallest absolute Gasteiger partial charge is 0.255 e. The molecule has 1 aromatic heterocycles. The van der Waals surface area contributed by atoms with Crippen molar-refractivity contribution in [2.24, 2.45) is 0 Å². The first-order chi connectivity index (χ1) is 12.7. The zero-order valence-electron chi connectivity index (χ0n) is 14.1. The fourth-order valence-corrected chi connectivity index (χ4v) is 4.02. The summed E-state index contributed by atoms with van der Waals surface area (Å²) in [5, 5.41) is 3.92. The number of rotatable bonds is 4. The van der Waals surface area contributed by atoms with Gasteiger partial charge in [-0.15, -0.1) is 23.1 Å². The van der Waals surface area contributed by atoms with Gasteiger partial charge in [-0.3, -0.25) is 4.79 Å². The second-order valence-electron chi connectivity index (χ2n) is 5.75. The van der Waals surface area contributed by atoms with E-state index in [1.807, 2.05) is 73.0 Å². The average molecular weight is 377 g/mol. The first-order valence-corrected chi connectivity index (χ1v) is 10.2. The number of aromatic nitrogens is 1. The molecule has 0 atom stereocenters. The van der Waals surface area contributed by atoms with Gasteiger partial charge in [0.1, 0.15) is 5.01 Å². The number of carbonyl (C=O) groups excluding carboxylic acids is 1. The molecule has 1 amide bonds. The first kappa shape index (κ1) is 16.8. The van der Waals surface area contributed by atoms with Crippen molar-refractivity contribution in [2.75, 3.05) is 11.6 Å². The van der Waals surface area contributed by atoms with Crippen molar-refractivity contribution >= 4 is 44.9 Å². The number of benzene rings is 3. The number of hydrogen-bond acceptors (Lipinski definition) is 4. The molecule has 0 spiro atoms. The minimum atomic E-state index is -0.106. The highest BCUT2D eigenvalue weighted by molar-refractivity contribution is 7.98. The maximum absolute atomic E-state index is 12.4. The summed E-state index contributed by atoms with van der Waals surface area (Å²) < 4.78 is 1.17. The Labute approximate surface area is 160 Å². The van der Waals surface area contributed by atoms with Crippen LogP contribution in [0, 0.1) is 0 Å². The molecule has 128 valence electrons. The van der Waals surface area contributed by atoms with Crippen LogP contribution in [0.1, 0.15) is 10.4 Å². The second kappa shape index (κ2) is 7.32. The number of nitrogens with zero attached hydrogens (tertiary/aromatic N) is 1. The zero-order chi connectivity index (χ0) is 17.9. The Hall–Kier alpha value is -2.63. The van der Waals surface area contributed by atoms with E-state index in [0.29, 0.717) is 5.56 Å². The van der Waals surface area contributed by atoms with Crippen LogP contribution >= 0.6 is 23.1 Å². The molecule has 4 rings (SSSR count). The number of nitrogens with one attached hydrogen (secondary N) is 1. The fourth-order valence-electron chi connectivity index (χ4n) is 2.64. The molecule has 0 aliphatic heterocycles. The lowest BCUT2D eigenvalue weighted by Gasteiger charge is -2.06. The molecule has 1 N–H and O–H groups in total. The third-order valence-electron chi connectivity index (χ3n) is 4.04. The Balaban J connectivity index is 1.50. The number of thioether (sulfide) groups is 1. The molecule has 1 heterocycles. The van der Waals surface area contributed by atoms with Gasteiger partial charge >= 0.3 is 0 Å². The average Bonchev–Trinajstić information content (AvgIpc) is 3.13. The normalized spacial score (nSPS) is 10.8. The highest BCUT2D eigenvalue weighted by atomic mass is 32.2. The van der Waals surface area contributed by atoms with Gasteiger partial charge in [0.25, 0.3) is 5.91 Å². The van der Waals surface area contributed by atoms with Crippen LogP contribution in [-0.2, 0) is 0 Å². The number of hydrogen-bond donors (Lipinski definition) is 1. The fraction of sp³-hybridized carbons (Fsp3) is 0.0476. The Morgan fingerprint density at radius 3 is 2.38 bits per heavy atom. The molecular weight excluding hydrogens is 360 g/mol. The maximum atomic E-state index is 12.4. The van der Waals surface area contributed by atoms with Crippen molar-refractivity contribution in [1.29, 1.82) is 0 Å². The number of carbonyl (C=O) groups is 1. The number of anilines is 1. The monoisotopic (exact) mass is 376 g/mol. The minimum Gasteiger partial charge on any atom is -0.322 e. The summed E-state index contributed by atoms with van der Waals surface area (Å²) in [6.45, 7) is 0. The predicted octanol–water partition coefficient (Wildman–Crippen LogP) is 5.94. The molecule has 26 heavy (non-hydrogen) atoms. The van der Waals surface area contributed by atoms with Crippen molar-refractivity contribution in [3.63, 3.8) is 0 Å². The molecule has 5 heteroatoms. The van der Waals surface area contributed by atoms with Crippen LogP contribution in [0.3, 0.4) is 0 Å². The van der Waals surface area contributed by atoms with Gasteiger partial charge in [0.2, 0.25) is 0 Å². The quantitative estimate of drug-likeness (QED) is 0.448. The van der Waals surface area contributed by atoms with Crippen molar-refractivity contribution < 1.29 is 4.79 Å². The summed E-state index contributed by atoms with van der Waals surface area (Å²) in [6.07, 6.45) is 2.02. The third-order valence-corrected chi connectivity index (χ3v) is 5.86. The number of amides is 1. The van der Waals surface area contributed by atoms with Gasteiger partial charge in [0, 0.05) is 21.7 Å². The summed E-state index contributed by atoms with van der Waals surface area (Å²) in [6, 6.07) is 23.5. The van der Waals surface area contributed by atoms with Crippen LogP contribution in [0.2, 0.25) is 0 Å². The van der Waals surface area contributed by atoms with Crippen molar-refractivity contribution in [3.05, 3.63) is 78.4 Å². The second-order valence-corrected chi connectivity index (χ2v) is 7.66. The van der Waals surface area contributed by atoms with Gasteiger partial charge in [-0.25, -0.2) is 4.98 Å². The van der Waals surface area contributed by atoms with Gasteiger partial charge in [-0.05, 0) is 66.9 Å². The lowest BCUT2D eigenvalue weighted by Crippen LogP contribution is -2.11. The highest BCUT2D eigenvalue weighted by Gasteiger charge is 2.08. The molecule has 3 aromatic carbocycles. The van der Waals surface area contributed by atoms with E-state index in [2.05, 4.69) is 16.4 Å². The molecule has 4 aromatic rings. The van der Waals surface area contributed by atoms with Crippen LogP contribution in [0.25, 0.3) is 20.8 Å². The van der Waals surface area contributed by atoms with Gasteiger partial charge in [-0.2, -0.15) is 0 Å². The number of fused-ring (bicyclic) bond motifs is 1. The maximum Gasteiger partial charge on any atom is 0.255 e. The minimum absolute atomic E-state index is 0.106. The highest BCUT2D eigenvalue weighted by Crippen LogP contribution is 2.30. The van der Waals surface area contributed by atoms with E-state index in [4.69, 9.17) is 0 Å². The first-order valence-electron chi connectivity index (χ1n) is 8.14. The SMILES string of the molecule is CSc1ccc(C(=O)Nc2ccc(-c3nc4ccccc4s3)cc2)cc1. The molecule has 0 unspecified atom stereocenters. The van der Waals surface area contributed by atoms with E-state index in [1.54, 1.807) is 23.1 Å². The Bertz CT molecular complexity index is 1020. The molecular formula is C21H16N2OS2. The zero-order valence-corrected chi connectivity index (χ0v) is 15.7. The van der Waals surface area contributed by atoms with Crippen molar-refractivity contribution in [3.8, 4) is 10.6 Å². The third kappa shape index (κ3) is 3.49. The van der Waals surface area contributed by atoms with Crippen LogP contribution < -0.4 is 5.32 Å². The van der Waals surface area contributed by atoms with E-state index >= 15 is 0 Å². The van der Waals surface area contributed by atoms with Crippen LogP contribution in [0.5, 0.6) is 0 Å². The van der Waals surface area contributed by atoms with Crippen LogP contribution in [0.4, 0.5) is 5.69 Å². The van der Waals surface area contributed by atoms with Gasteiger partial charge < -0.3 is 5.32 Å². The van der Waals surface area contributed by atoms with Crippen LogP contribution in [0.15, 0.2) is 77.7 Å². The van der Waals surface area contributed by atoms with E-state index in [1.165, 1.54) is 4.70 Å². The number of thiazole rings is 1. The molecule has 0 bridgehead atoms. The lowest BCUT2D eigenvalue weighted by atomic mass is 10.2. The lowest BCUT2D eigenvalue weighted by molar-refractivity contribution is 0.102. The summed E-state index contributed by atoms with van der Waals surface area (Å²) >= 11 is 3.33. The van der Waals surface area contributed by atoms with Crippen molar-refractivity contribution in [2.45, 2.75) is 4.90 Å². The Morgan fingerprint density at radius 2 is 1.69 bits per heavy atom. The molecule has 0 fully saturated rings. The van der Waals surface area contributed by atoms with E-state index in [-0.39, 0.29) is 5.91 Å². The topological polar surface area (TPSA) is 42.0 Å². The standard InChI is InChI=1S/C21H16N2OS2/c1-25-17-12-8-14(9-13-17)20(24)22-16-10-6-15(7-11-16)21-23-18-4-2-3-5-19(18)26-21/h2-13H,1H3,(H,22,24). The largest absolute Gasteiger partial charge is 0.322 e. The van der Waals surface area contributed by atoms with Gasteiger partial charge in [0.05, 0.1) is 10.2 Å². The molecule has 0 saturated carbocycles. The van der Waals surface area contributed by atoms with Crippen LogP contribution in [-0.4, -0.2) is 17.1 Å². The van der Waals surface area contributed by atoms with E-state index in [9.17, 15) is 4.79 Å². The van der Waals surface area contributed by atoms with E-state index in [0.717, 1.165) is 26.7 Å². The summed E-state index contributed by atoms with van der Waals surface area (Å²) in [5.41, 5.74) is 3.49. The summed E-state index contributed by atoms with van der Waals surface area (Å²) in [7, 11) is 0. The Kier molecular flexibility index (Phi) is 4.73. The molecule has 0 aliphatic carbocycles. The molecule has 0 aliphatic rings. The van der Waals surface area contributed by atoms with Crippen molar-refractivity contribution in [1.82, 2.24) is 4.98 Å². The molecule has 0 saturated heterocycles. The molecule has 3 nitrogen and oxygen atoms in total. The summed E-state index contributed by atoms with van der Waals surface area (Å²) in [4.78, 5) is 18.2. The Morgan fingerprint density at radius 1 is 0.962 bits per heavy atom. The van der Waals surface area contributed by atoms with E-state index < -0.39 is 0 Å². The predicted molar refractivity (Wildman–Crippen MR) is 111 cm³/mol. The number of para-hydroxylation sites is 1. The molecule has 0 radical (unpaired) electrons. The van der Waals surface area contributed by atoms with Gasteiger partial charge in [0.15, 0.2) is 0 Å².